The fraction of sp³-hybridized carbons (Fsp3) is 0.294. The molecule has 2 aromatic rings. The van der Waals surface area contributed by atoms with Gasteiger partial charge in [-0.1, -0.05) is 35.9 Å². The molecule has 1 aliphatic heterocycles. The van der Waals surface area contributed by atoms with Gasteiger partial charge in [-0.25, -0.2) is 4.39 Å². The highest BCUT2D eigenvalue weighted by Crippen LogP contribution is 2.33. The molecule has 3 rings (SSSR count). The molecule has 110 valence electrons. The Hall–Kier alpha value is -1.58. The Balaban J connectivity index is 1.99. The Kier molecular flexibility index (Phi) is 4.13. The molecule has 1 aliphatic rings. The maximum atomic E-state index is 13.2. The summed E-state index contributed by atoms with van der Waals surface area (Å²) in [6.45, 7) is 4.79. The van der Waals surface area contributed by atoms with Crippen molar-refractivity contribution >= 4 is 17.3 Å². The van der Waals surface area contributed by atoms with Crippen LogP contribution in [0.5, 0.6) is 0 Å². The first kappa shape index (κ1) is 14.4. The molecule has 0 aromatic heterocycles. The summed E-state index contributed by atoms with van der Waals surface area (Å²) in [5.41, 5.74) is 3.45. The van der Waals surface area contributed by atoms with E-state index >= 15 is 0 Å². The lowest BCUT2D eigenvalue weighted by molar-refractivity contribution is 0.619. The molecule has 0 bridgehead atoms. The van der Waals surface area contributed by atoms with Gasteiger partial charge in [-0.3, -0.25) is 0 Å². The molecule has 2 aromatic carbocycles. The van der Waals surface area contributed by atoms with Gasteiger partial charge in [0.25, 0.3) is 0 Å². The van der Waals surface area contributed by atoms with E-state index in [1.54, 1.807) is 6.07 Å². The van der Waals surface area contributed by atoms with Crippen molar-refractivity contribution in [3.05, 3.63) is 64.4 Å². The summed E-state index contributed by atoms with van der Waals surface area (Å²) in [6, 6.07) is 13.1. The molecular weight excluding hydrogens is 287 g/mol. The number of benzene rings is 2. The lowest BCUT2D eigenvalue weighted by Gasteiger charge is -2.32. The van der Waals surface area contributed by atoms with Gasteiger partial charge >= 0.3 is 0 Å². The third-order valence-corrected chi connectivity index (χ3v) is 4.35. The minimum absolute atomic E-state index is 0.0964. The first-order valence-corrected chi connectivity index (χ1v) is 7.55. The van der Waals surface area contributed by atoms with Gasteiger partial charge in [0.15, 0.2) is 0 Å². The number of anilines is 1. The van der Waals surface area contributed by atoms with Crippen molar-refractivity contribution in [1.29, 1.82) is 0 Å². The highest BCUT2D eigenvalue weighted by molar-refractivity contribution is 6.31. The van der Waals surface area contributed by atoms with Gasteiger partial charge in [0, 0.05) is 30.3 Å². The Bertz CT molecular complexity index is 644. The quantitative estimate of drug-likeness (QED) is 0.896. The molecule has 0 amide bonds. The fourth-order valence-corrected chi connectivity index (χ4v) is 3.22. The van der Waals surface area contributed by atoms with E-state index in [9.17, 15) is 4.39 Å². The molecule has 4 heteroatoms. The highest BCUT2D eigenvalue weighted by Gasteiger charge is 2.22. The second-order valence-electron chi connectivity index (χ2n) is 5.34. The van der Waals surface area contributed by atoms with Crippen molar-refractivity contribution in [3.8, 4) is 0 Å². The Morgan fingerprint density at radius 1 is 1.24 bits per heavy atom. The molecule has 0 fully saturated rings. The maximum Gasteiger partial charge on any atom is 0.124 e. The SMILES string of the molecule is CC(c1ccc(F)cc1Cl)N1CCNCc2ccccc21. The first-order chi connectivity index (χ1) is 10.2. The monoisotopic (exact) mass is 304 g/mol. The smallest absolute Gasteiger partial charge is 0.124 e. The van der Waals surface area contributed by atoms with Gasteiger partial charge in [0.05, 0.1) is 6.04 Å². The average molecular weight is 305 g/mol. The lowest BCUT2D eigenvalue weighted by atomic mass is 10.0. The van der Waals surface area contributed by atoms with E-state index in [4.69, 9.17) is 11.6 Å². The molecule has 0 spiro atoms. The molecule has 1 N–H and O–H groups in total. The minimum Gasteiger partial charge on any atom is -0.363 e. The van der Waals surface area contributed by atoms with Gasteiger partial charge < -0.3 is 10.2 Å². The summed E-state index contributed by atoms with van der Waals surface area (Å²) in [5.74, 6) is -0.297. The third kappa shape index (κ3) is 2.89. The van der Waals surface area contributed by atoms with Crippen LogP contribution in [0.15, 0.2) is 42.5 Å². The van der Waals surface area contributed by atoms with Gasteiger partial charge in [-0.15, -0.1) is 0 Å². The summed E-state index contributed by atoms with van der Waals surface area (Å²) >= 11 is 6.23. The molecule has 1 heterocycles. The van der Waals surface area contributed by atoms with Gasteiger partial charge in [0.1, 0.15) is 5.82 Å². The van der Waals surface area contributed by atoms with E-state index in [1.807, 2.05) is 0 Å². The second kappa shape index (κ2) is 6.04. The van der Waals surface area contributed by atoms with E-state index in [2.05, 4.69) is 41.4 Å². The van der Waals surface area contributed by atoms with Crippen LogP contribution in [0.2, 0.25) is 5.02 Å². The van der Waals surface area contributed by atoms with E-state index in [0.29, 0.717) is 5.02 Å². The number of hydrogen-bond acceptors (Lipinski definition) is 2. The number of para-hydroxylation sites is 1. The van der Waals surface area contributed by atoms with Crippen LogP contribution in [0.3, 0.4) is 0 Å². The summed E-state index contributed by atoms with van der Waals surface area (Å²) < 4.78 is 13.2. The van der Waals surface area contributed by atoms with Crippen LogP contribution in [0, 0.1) is 5.82 Å². The van der Waals surface area contributed by atoms with Crippen molar-refractivity contribution < 1.29 is 4.39 Å². The minimum atomic E-state index is -0.297. The standard InChI is InChI=1S/C17H18ClFN2/c1-12(15-7-6-14(19)10-16(15)18)21-9-8-20-11-13-4-2-3-5-17(13)21/h2-7,10,12,20H,8-9,11H2,1H3. The Morgan fingerprint density at radius 3 is 2.86 bits per heavy atom. The normalized spacial score (nSPS) is 16.2. The number of halogens is 2. The van der Waals surface area contributed by atoms with Crippen molar-refractivity contribution in [2.24, 2.45) is 0 Å². The van der Waals surface area contributed by atoms with Crippen LogP contribution >= 0.6 is 11.6 Å². The second-order valence-corrected chi connectivity index (χ2v) is 5.75. The van der Waals surface area contributed by atoms with Gasteiger partial charge in [-0.2, -0.15) is 0 Å². The predicted molar refractivity (Wildman–Crippen MR) is 85.3 cm³/mol. The Labute approximate surface area is 129 Å². The predicted octanol–water partition coefficient (Wildman–Crippen LogP) is 4.15. The molecule has 1 unspecified atom stereocenters. The summed E-state index contributed by atoms with van der Waals surface area (Å²) in [4.78, 5) is 2.33. The largest absolute Gasteiger partial charge is 0.363 e. The summed E-state index contributed by atoms with van der Waals surface area (Å²) in [6.07, 6.45) is 0. The molecule has 0 aliphatic carbocycles. The van der Waals surface area contributed by atoms with Crippen LogP contribution in [0.25, 0.3) is 0 Å². The molecule has 2 nitrogen and oxygen atoms in total. The number of rotatable bonds is 2. The van der Waals surface area contributed by atoms with Gasteiger partial charge in [-0.05, 0) is 36.2 Å². The number of hydrogen-bond donors (Lipinski definition) is 1. The number of nitrogens with zero attached hydrogens (tertiary/aromatic N) is 1. The van der Waals surface area contributed by atoms with Crippen LogP contribution in [0.1, 0.15) is 24.1 Å². The van der Waals surface area contributed by atoms with E-state index < -0.39 is 0 Å². The van der Waals surface area contributed by atoms with E-state index in [0.717, 1.165) is 25.2 Å². The topological polar surface area (TPSA) is 15.3 Å². The molecule has 1 atom stereocenters. The molecular formula is C17H18ClFN2. The molecule has 0 saturated carbocycles. The summed E-state index contributed by atoms with van der Waals surface area (Å²) in [7, 11) is 0. The van der Waals surface area contributed by atoms with Crippen LogP contribution in [-0.2, 0) is 6.54 Å². The van der Waals surface area contributed by atoms with Crippen molar-refractivity contribution in [2.75, 3.05) is 18.0 Å². The number of fused-ring (bicyclic) bond motifs is 1. The Morgan fingerprint density at radius 2 is 2.05 bits per heavy atom. The highest BCUT2D eigenvalue weighted by atomic mass is 35.5. The molecule has 21 heavy (non-hydrogen) atoms. The first-order valence-electron chi connectivity index (χ1n) is 7.17. The van der Waals surface area contributed by atoms with Crippen molar-refractivity contribution in [2.45, 2.75) is 19.5 Å². The van der Waals surface area contributed by atoms with E-state index in [-0.39, 0.29) is 11.9 Å². The zero-order valence-corrected chi connectivity index (χ0v) is 12.7. The van der Waals surface area contributed by atoms with Gasteiger partial charge in [0.2, 0.25) is 0 Å². The zero-order valence-electron chi connectivity index (χ0n) is 11.9. The maximum absolute atomic E-state index is 13.2. The average Bonchev–Trinajstić information content (AvgIpc) is 2.69. The van der Waals surface area contributed by atoms with Crippen LogP contribution in [-0.4, -0.2) is 13.1 Å². The van der Waals surface area contributed by atoms with Crippen molar-refractivity contribution in [1.82, 2.24) is 5.32 Å². The van der Waals surface area contributed by atoms with E-state index in [1.165, 1.54) is 23.4 Å². The summed E-state index contributed by atoms with van der Waals surface area (Å²) in [5, 5.41) is 3.91. The van der Waals surface area contributed by atoms with Crippen LogP contribution < -0.4 is 10.2 Å². The fourth-order valence-electron chi connectivity index (χ4n) is 2.89. The lowest BCUT2D eigenvalue weighted by Crippen LogP contribution is -2.31. The van der Waals surface area contributed by atoms with Crippen molar-refractivity contribution in [3.63, 3.8) is 0 Å². The third-order valence-electron chi connectivity index (χ3n) is 4.03. The zero-order chi connectivity index (χ0) is 14.8. The molecule has 0 radical (unpaired) electrons. The number of nitrogens with one attached hydrogen (secondary N) is 1. The van der Waals surface area contributed by atoms with Crippen LogP contribution in [0.4, 0.5) is 10.1 Å². The molecule has 0 saturated heterocycles.